The summed E-state index contributed by atoms with van der Waals surface area (Å²) in [5, 5.41) is 14.4. The molecule has 1 aliphatic heterocycles. The lowest BCUT2D eigenvalue weighted by Crippen LogP contribution is -2.49. The van der Waals surface area contributed by atoms with Crippen LogP contribution in [0.1, 0.15) is 55.6 Å². The van der Waals surface area contributed by atoms with Crippen LogP contribution in [0.5, 0.6) is 0 Å². The maximum Gasteiger partial charge on any atom is 0.237 e. The average molecular weight is 329 g/mol. The van der Waals surface area contributed by atoms with Crippen LogP contribution in [0.4, 0.5) is 4.39 Å². The topological polar surface area (TPSA) is 74.8 Å². The number of rotatable bonds is 2. The van der Waals surface area contributed by atoms with Crippen molar-refractivity contribution in [1.82, 2.24) is 25.5 Å². The quantitative estimate of drug-likeness (QED) is 0.917. The van der Waals surface area contributed by atoms with Gasteiger partial charge in [0.1, 0.15) is 11.2 Å². The van der Waals surface area contributed by atoms with Gasteiger partial charge in [0, 0.05) is 6.54 Å². The fourth-order valence-electron chi connectivity index (χ4n) is 4.21. The van der Waals surface area contributed by atoms with Crippen molar-refractivity contribution in [1.29, 1.82) is 0 Å². The Morgan fingerprint density at radius 2 is 2.17 bits per heavy atom. The number of aromatic amines is 1. The number of benzene rings is 1. The van der Waals surface area contributed by atoms with E-state index < -0.39 is 5.41 Å². The highest BCUT2D eigenvalue weighted by atomic mass is 19.1. The molecule has 6 nitrogen and oxygen atoms in total. The Hall–Kier alpha value is -2.31. The lowest BCUT2D eigenvalue weighted by molar-refractivity contribution is -0.140. The van der Waals surface area contributed by atoms with Crippen molar-refractivity contribution >= 4 is 5.91 Å². The highest BCUT2D eigenvalue weighted by Crippen LogP contribution is 2.43. The zero-order chi connectivity index (χ0) is 16.7. The largest absolute Gasteiger partial charge is 0.335 e. The number of carbonyl (C=O) groups excluding carboxylic acids is 1. The van der Waals surface area contributed by atoms with Gasteiger partial charge < -0.3 is 4.90 Å². The third kappa shape index (κ3) is 2.22. The smallest absolute Gasteiger partial charge is 0.237 e. The van der Waals surface area contributed by atoms with E-state index in [1.165, 1.54) is 6.07 Å². The molecule has 1 amide bonds. The second-order valence-electron chi connectivity index (χ2n) is 6.79. The van der Waals surface area contributed by atoms with Crippen LogP contribution in [0.25, 0.3) is 0 Å². The fourth-order valence-corrected chi connectivity index (χ4v) is 4.21. The van der Waals surface area contributed by atoms with Crippen molar-refractivity contribution in [2.24, 2.45) is 0 Å². The van der Waals surface area contributed by atoms with Gasteiger partial charge in [0.2, 0.25) is 5.91 Å². The lowest BCUT2D eigenvalue weighted by atomic mass is 9.81. The van der Waals surface area contributed by atoms with Crippen LogP contribution in [0, 0.1) is 5.82 Å². The molecule has 1 N–H and O–H groups in total. The molecule has 1 saturated carbocycles. The van der Waals surface area contributed by atoms with E-state index in [-0.39, 0.29) is 17.8 Å². The number of carbonyl (C=O) groups is 1. The van der Waals surface area contributed by atoms with E-state index in [0.717, 1.165) is 43.2 Å². The van der Waals surface area contributed by atoms with E-state index >= 15 is 0 Å². The maximum atomic E-state index is 13.7. The molecule has 4 rings (SSSR count). The Bertz CT molecular complexity index is 754. The molecule has 1 aliphatic carbocycles. The summed E-state index contributed by atoms with van der Waals surface area (Å²) in [5.74, 6) is 0.273. The molecule has 126 valence electrons. The highest BCUT2D eigenvalue weighted by molar-refractivity contribution is 5.88. The molecule has 1 fully saturated rings. The second kappa shape index (κ2) is 5.65. The van der Waals surface area contributed by atoms with Crippen LogP contribution in [0.15, 0.2) is 18.2 Å². The number of halogens is 1. The highest BCUT2D eigenvalue weighted by Gasteiger charge is 2.49. The number of fused-ring (bicyclic) bond motifs is 1. The molecule has 1 aromatic heterocycles. The summed E-state index contributed by atoms with van der Waals surface area (Å²) in [4.78, 5) is 15.3. The van der Waals surface area contributed by atoms with E-state index in [4.69, 9.17) is 0 Å². The molecular formula is C17H20FN5O. The van der Waals surface area contributed by atoms with Crippen molar-refractivity contribution in [3.63, 3.8) is 0 Å². The van der Waals surface area contributed by atoms with Gasteiger partial charge in [0.25, 0.3) is 0 Å². The third-order valence-corrected chi connectivity index (χ3v) is 5.55. The Kier molecular flexibility index (Phi) is 3.58. The van der Waals surface area contributed by atoms with Gasteiger partial charge in [-0.05, 0) is 49.4 Å². The normalized spacial score (nSPS) is 22.4. The van der Waals surface area contributed by atoms with Gasteiger partial charge in [-0.2, -0.15) is 5.21 Å². The van der Waals surface area contributed by atoms with Gasteiger partial charge in [-0.3, -0.25) is 4.79 Å². The van der Waals surface area contributed by atoms with Crippen molar-refractivity contribution in [2.75, 3.05) is 6.54 Å². The Labute approximate surface area is 139 Å². The number of nitrogens with zero attached hydrogens (tertiary/aromatic N) is 4. The van der Waals surface area contributed by atoms with Crippen molar-refractivity contribution in [3.05, 3.63) is 41.0 Å². The van der Waals surface area contributed by atoms with E-state index in [1.54, 1.807) is 6.07 Å². The van der Waals surface area contributed by atoms with Crippen LogP contribution >= 0.6 is 0 Å². The maximum absolute atomic E-state index is 13.7. The minimum atomic E-state index is -0.688. The van der Waals surface area contributed by atoms with Gasteiger partial charge in [0.05, 0.1) is 6.04 Å². The molecule has 0 bridgehead atoms. The molecule has 0 spiro atoms. The molecule has 2 aliphatic rings. The zero-order valence-electron chi connectivity index (χ0n) is 13.6. The first-order chi connectivity index (χ1) is 11.6. The van der Waals surface area contributed by atoms with Crippen LogP contribution in [-0.2, 0) is 16.6 Å². The minimum absolute atomic E-state index is 0.0452. The summed E-state index contributed by atoms with van der Waals surface area (Å²) in [6.07, 6.45) is 4.19. The summed E-state index contributed by atoms with van der Waals surface area (Å²) in [5.41, 5.74) is 1.33. The van der Waals surface area contributed by atoms with E-state index in [1.807, 2.05) is 17.9 Å². The molecule has 24 heavy (non-hydrogen) atoms. The zero-order valence-corrected chi connectivity index (χ0v) is 13.6. The van der Waals surface area contributed by atoms with E-state index in [9.17, 15) is 9.18 Å². The number of nitrogens with one attached hydrogen (secondary N) is 1. The van der Waals surface area contributed by atoms with E-state index in [2.05, 4.69) is 20.6 Å². The summed E-state index contributed by atoms with van der Waals surface area (Å²) < 4.78 is 13.7. The van der Waals surface area contributed by atoms with Gasteiger partial charge in [-0.1, -0.05) is 24.1 Å². The number of tetrazole rings is 1. The van der Waals surface area contributed by atoms with Crippen molar-refractivity contribution in [2.45, 2.75) is 50.5 Å². The van der Waals surface area contributed by atoms with Crippen LogP contribution in [0.3, 0.4) is 0 Å². The predicted octanol–water partition coefficient (Wildman–Crippen LogP) is 2.30. The molecule has 0 radical (unpaired) electrons. The lowest BCUT2D eigenvalue weighted by Gasteiger charge is -2.40. The molecule has 1 atom stereocenters. The molecule has 7 heteroatoms. The Balaban J connectivity index is 1.69. The van der Waals surface area contributed by atoms with Crippen LogP contribution < -0.4 is 0 Å². The van der Waals surface area contributed by atoms with Gasteiger partial charge >= 0.3 is 0 Å². The minimum Gasteiger partial charge on any atom is -0.335 e. The van der Waals surface area contributed by atoms with Gasteiger partial charge in [-0.25, -0.2) is 4.39 Å². The van der Waals surface area contributed by atoms with Crippen molar-refractivity contribution < 1.29 is 9.18 Å². The summed E-state index contributed by atoms with van der Waals surface area (Å²) in [7, 11) is 0. The number of hydrogen-bond donors (Lipinski definition) is 1. The molecule has 1 aromatic carbocycles. The first kappa shape index (κ1) is 15.2. The SMILES string of the molecule is CC1c2cc(F)ccc2CCN1C(=O)C1(c2nn[nH]n2)CCCC1. The van der Waals surface area contributed by atoms with Crippen LogP contribution in [-0.4, -0.2) is 38.0 Å². The standard InChI is InChI=1S/C17H20FN5O/c1-11-14-10-13(18)5-4-12(14)6-9-23(11)16(24)17(7-2-3-8-17)15-19-21-22-20-15/h4-5,10-11H,2-3,6-9H2,1H3,(H,19,20,21,22). The molecule has 0 saturated heterocycles. The van der Waals surface area contributed by atoms with E-state index in [0.29, 0.717) is 12.4 Å². The molecule has 2 aromatic rings. The van der Waals surface area contributed by atoms with Crippen LogP contribution in [0.2, 0.25) is 0 Å². The van der Waals surface area contributed by atoms with Gasteiger partial charge in [0.15, 0.2) is 5.82 Å². The van der Waals surface area contributed by atoms with Crippen molar-refractivity contribution in [3.8, 4) is 0 Å². The number of aromatic nitrogens is 4. The number of hydrogen-bond acceptors (Lipinski definition) is 4. The van der Waals surface area contributed by atoms with Gasteiger partial charge in [-0.15, -0.1) is 10.2 Å². The summed E-state index contributed by atoms with van der Waals surface area (Å²) >= 11 is 0. The summed E-state index contributed by atoms with van der Waals surface area (Å²) in [6, 6.07) is 4.71. The molecule has 1 unspecified atom stereocenters. The molecular weight excluding hydrogens is 309 g/mol. The Morgan fingerprint density at radius 3 is 2.88 bits per heavy atom. The second-order valence-corrected chi connectivity index (χ2v) is 6.79. The third-order valence-electron chi connectivity index (χ3n) is 5.55. The fraction of sp³-hybridized carbons (Fsp3) is 0.529. The summed E-state index contributed by atoms with van der Waals surface area (Å²) in [6.45, 7) is 2.60. The first-order valence-electron chi connectivity index (χ1n) is 8.45. The Morgan fingerprint density at radius 1 is 1.38 bits per heavy atom. The number of H-pyrrole nitrogens is 1. The molecule has 2 heterocycles. The number of amides is 1. The monoisotopic (exact) mass is 329 g/mol. The predicted molar refractivity (Wildman–Crippen MR) is 84.6 cm³/mol. The first-order valence-corrected chi connectivity index (χ1v) is 8.45. The average Bonchev–Trinajstić information content (AvgIpc) is 3.27.